The number of imidazole rings is 1. The largest absolute Gasteiger partial charge is 0.325 e. The van der Waals surface area contributed by atoms with Crippen LogP contribution in [-0.4, -0.2) is 9.55 Å². The summed E-state index contributed by atoms with van der Waals surface area (Å²) < 4.78 is 3.08. The minimum absolute atomic E-state index is 0.471. The SMILES string of the molecule is Cc1nc(CN)cn1-c1ccccc1Br. The van der Waals surface area contributed by atoms with Crippen LogP contribution >= 0.6 is 15.9 Å². The highest BCUT2D eigenvalue weighted by Crippen LogP contribution is 2.21. The third-order valence-corrected chi connectivity index (χ3v) is 2.92. The Balaban J connectivity index is 2.54. The molecule has 0 radical (unpaired) electrons. The topological polar surface area (TPSA) is 43.8 Å². The van der Waals surface area contributed by atoms with Gasteiger partial charge in [0.15, 0.2) is 0 Å². The lowest BCUT2D eigenvalue weighted by Crippen LogP contribution is -1.96. The fourth-order valence-electron chi connectivity index (χ4n) is 1.52. The lowest BCUT2D eigenvalue weighted by atomic mass is 10.3. The number of hydrogen-bond donors (Lipinski definition) is 1. The van der Waals surface area contributed by atoms with Crippen LogP contribution in [0, 0.1) is 6.92 Å². The van der Waals surface area contributed by atoms with Gasteiger partial charge in [0.25, 0.3) is 0 Å². The second-order valence-corrected chi connectivity index (χ2v) is 4.16. The highest BCUT2D eigenvalue weighted by atomic mass is 79.9. The molecule has 2 N–H and O–H groups in total. The average molecular weight is 266 g/mol. The third-order valence-electron chi connectivity index (χ3n) is 2.25. The molecule has 0 unspecified atom stereocenters. The molecule has 0 amide bonds. The van der Waals surface area contributed by atoms with Crippen molar-refractivity contribution in [1.29, 1.82) is 0 Å². The number of hydrogen-bond acceptors (Lipinski definition) is 2. The fourth-order valence-corrected chi connectivity index (χ4v) is 2.00. The Morgan fingerprint density at radius 2 is 2.13 bits per heavy atom. The van der Waals surface area contributed by atoms with E-state index in [9.17, 15) is 0 Å². The second-order valence-electron chi connectivity index (χ2n) is 3.30. The van der Waals surface area contributed by atoms with Crippen molar-refractivity contribution < 1.29 is 0 Å². The first-order valence-corrected chi connectivity index (χ1v) is 5.51. The van der Waals surface area contributed by atoms with Gasteiger partial charge in [0.2, 0.25) is 0 Å². The molecule has 2 aromatic rings. The molecule has 0 saturated heterocycles. The molecule has 0 saturated carbocycles. The summed E-state index contributed by atoms with van der Waals surface area (Å²) in [4.78, 5) is 4.36. The molecular formula is C11H12BrN3. The van der Waals surface area contributed by atoms with Gasteiger partial charge >= 0.3 is 0 Å². The molecule has 0 fully saturated rings. The number of halogens is 1. The number of nitrogens with zero attached hydrogens (tertiary/aromatic N) is 2. The maximum absolute atomic E-state index is 5.56. The summed E-state index contributed by atoms with van der Waals surface area (Å²) >= 11 is 3.52. The van der Waals surface area contributed by atoms with Gasteiger partial charge in [-0.15, -0.1) is 0 Å². The van der Waals surface area contributed by atoms with Crippen molar-refractivity contribution in [3.05, 3.63) is 46.5 Å². The van der Waals surface area contributed by atoms with Crippen LogP contribution in [0.25, 0.3) is 5.69 Å². The Morgan fingerprint density at radius 1 is 1.40 bits per heavy atom. The van der Waals surface area contributed by atoms with Crippen LogP contribution in [0.2, 0.25) is 0 Å². The molecule has 0 bridgehead atoms. The van der Waals surface area contributed by atoms with Crippen molar-refractivity contribution in [2.45, 2.75) is 13.5 Å². The van der Waals surface area contributed by atoms with Crippen LogP contribution < -0.4 is 5.73 Å². The zero-order chi connectivity index (χ0) is 10.8. The van der Waals surface area contributed by atoms with Gasteiger partial charge in [-0.2, -0.15) is 0 Å². The Hall–Kier alpha value is -1.13. The van der Waals surface area contributed by atoms with E-state index in [0.717, 1.165) is 21.7 Å². The normalized spacial score (nSPS) is 10.6. The zero-order valence-electron chi connectivity index (χ0n) is 8.44. The number of benzene rings is 1. The van der Waals surface area contributed by atoms with Crippen LogP contribution in [0.15, 0.2) is 34.9 Å². The van der Waals surface area contributed by atoms with Gasteiger partial charge in [0.1, 0.15) is 5.82 Å². The molecule has 2 rings (SSSR count). The van der Waals surface area contributed by atoms with Crippen LogP contribution in [0.5, 0.6) is 0 Å². The first-order chi connectivity index (χ1) is 7.22. The van der Waals surface area contributed by atoms with Crippen LogP contribution in [0.4, 0.5) is 0 Å². The van der Waals surface area contributed by atoms with Crippen molar-refractivity contribution in [3.8, 4) is 5.69 Å². The minimum Gasteiger partial charge on any atom is -0.325 e. The highest BCUT2D eigenvalue weighted by Gasteiger charge is 2.06. The summed E-state index contributed by atoms with van der Waals surface area (Å²) in [6.45, 7) is 2.44. The molecule has 0 aliphatic rings. The molecule has 1 aromatic heterocycles. The van der Waals surface area contributed by atoms with Crippen molar-refractivity contribution in [3.63, 3.8) is 0 Å². The summed E-state index contributed by atoms with van der Waals surface area (Å²) in [5.74, 6) is 0.947. The minimum atomic E-state index is 0.471. The van der Waals surface area contributed by atoms with Crippen molar-refractivity contribution >= 4 is 15.9 Å². The summed E-state index contributed by atoms with van der Waals surface area (Å²) in [5, 5.41) is 0. The predicted molar refractivity (Wildman–Crippen MR) is 63.9 cm³/mol. The molecule has 1 aromatic carbocycles. The number of aromatic nitrogens is 2. The second kappa shape index (κ2) is 4.16. The molecular weight excluding hydrogens is 254 g/mol. The van der Waals surface area contributed by atoms with Crippen molar-refractivity contribution in [2.75, 3.05) is 0 Å². The van der Waals surface area contributed by atoms with E-state index in [0.29, 0.717) is 6.54 Å². The number of rotatable bonds is 2. The van der Waals surface area contributed by atoms with Gasteiger partial charge in [-0.25, -0.2) is 4.98 Å². The lowest BCUT2D eigenvalue weighted by Gasteiger charge is -2.06. The summed E-state index contributed by atoms with van der Waals surface area (Å²) in [6, 6.07) is 8.04. The van der Waals surface area contributed by atoms with Crippen molar-refractivity contribution in [1.82, 2.24) is 9.55 Å². The average Bonchev–Trinajstić information content (AvgIpc) is 2.60. The number of aryl methyl sites for hydroxylation is 1. The predicted octanol–water partition coefficient (Wildman–Crippen LogP) is 2.40. The smallest absolute Gasteiger partial charge is 0.110 e. The fraction of sp³-hybridized carbons (Fsp3) is 0.182. The van der Waals surface area contributed by atoms with Crippen LogP contribution in [0.3, 0.4) is 0 Å². The van der Waals surface area contributed by atoms with Gasteiger partial charge in [-0.05, 0) is 35.0 Å². The Morgan fingerprint density at radius 3 is 2.73 bits per heavy atom. The maximum Gasteiger partial charge on any atom is 0.110 e. The molecule has 3 nitrogen and oxygen atoms in total. The van der Waals surface area contributed by atoms with Gasteiger partial charge in [-0.1, -0.05) is 12.1 Å². The van der Waals surface area contributed by atoms with E-state index in [2.05, 4.69) is 20.9 Å². The molecule has 0 atom stereocenters. The molecule has 0 aliphatic carbocycles. The van der Waals surface area contributed by atoms with Gasteiger partial charge in [-0.3, -0.25) is 0 Å². The first-order valence-electron chi connectivity index (χ1n) is 4.72. The number of nitrogens with two attached hydrogens (primary N) is 1. The zero-order valence-corrected chi connectivity index (χ0v) is 10.0. The van der Waals surface area contributed by atoms with Crippen molar-refractivity contribution in [2.24, 2.45) is 5.73 Å². The molecule has 1 heterocycles. The Labute approximate surface area is 97.1 Å². The van der Waals surface area contributed by atoms with E-state index < -0.39 is 0 Å². The number of para-hydroxylation sites is 1. The Kier molecular flexibility index (Phi) is 2.88. The first kappa shape index (κ1) is 10.4. The highest BCUT2D eigenvalue weighted by molar-refractivity contribution is 9.10. The summed E-state index contributed by atoms with van der Waals surface area (Å²) in [7, 11) is 0. The summed E-state index contributed by atoms with van der Waals surface area (Å²) in [6.07, 6.45) is 1.97. The van der Waals surface area contributed by atoms with Gasteiger partial charge < -0.3 is 10.3 Å². The van der Waals surface area contributed by atoms with E-state index in [-0.39, 0.29) is 0 Å². The maximum atomic E-state index is 5.56. The quantitative estimate of drug-likeness (QED) is 0.907. The van der Waals surface area contributed by atoms with E-state index in [1.807, 2.05) is 42.0 Å². The van der Waals surface area contributed by atoms with E-state index in [4.69, 9.17) is 5.73 Å². The third kappa shape index (κ3) is 1.96. The van der Waals surface area contributed by atoms with E-state index in [1.54, 1.807) is 0 Å². The Bertz CT molecular complexity index is 476. The van der Waals surface area contributed by atoms with E-state index in [1.165, 1.54) is 0 Å². The molecule has 0 aliphatic heterocycles. The molecule has 78 valence electrons. The monoisotopic (exact) mass is 265 g/mol. The van der Waals surface area contributed by atoms with E-state index >= 15 is 0 Å². The standard InChI is InChI=1S/C11H12BrN3/c1-8-14-9(6-13)7-15(8)11-5-3-2-4-10(11)12/h2-5,7H,6,13H2,1H3. The summed E-state index contributed by atoms with van der Waals surface area (Å²) in [5.41, 5.74) is 7.55. The van der Waals surface area contributed by atoms with Gasteiger partial charge in [0, 0.05) is 17.2 Å². The van der Waals surface area contributed by atoms with Crippen LogP contribution in [0.1, 0.15) is 11.5 Å². The lowest BCUT2D eigenvalue weighted by molar-refractivity contribution is 0.965. The van der Waals surface area contributed by atoms with Crippen LogP contribution in [-0.2, 0) is 6.54 Å². The molecule has 0 spiro atoms. The van der Waals surface area contributed by atoms with Gasteiger partial charge in [0.05, 0.1) is 11.4 Å². The molecule has 15 heavy (non-hydrogen) atoms. The molecule has 4 heteroatoms.